The number of aromatic nitrogens is 1. The number of hydrogen-bond donors (Lipinski definition) is 1. The van der Waals surface area contributed by atoms with Gasteiger partial charge < -0.3 is 19.5 Å². The number of aryl methyl sites for hydroxylation is 1. The van der Waals surface area contributed by atoms with Crippen molar-refractivity contribution >= 4 is 22.4 Å². The lowest BCUT2D eigenvalue weighted by molar-refractivity contribution is -0.143. The Morgan fingerprint density at radius 2 is 2.23 bits per heavy atom. The number of nitriles is 1. The van der Waals surface area contributed by atoms with E-state index in [2.05, 4.69) is 21.9 Å². The molecule has 4 aliphatic rings. The van der Waals surface area contributed by atoms with Gasteiger partial charge in [-0.2, -0.15) is 5.26 Å². The van der Waals surface area contributed by atoms with Crippen LogP contribution in [0.1, 0.15) is 34.2 Å². The van der Waals surface area contributed by atoms with Crippen LogP contribution in [0.15, 0.2) is 35.7 Å². The van der Waals surface area contributed by atoms with Gasteiger partial charge in [-0.3, -0.25) is 9.69 Å². The van der Waals surface area contributed by atoms with Crippen LogP contribution >= 0.6 is 11.3 Å². The zero-order chi connectivity index (χ0) is 26.7. The standard InChI is InChI=1S/C30H30N4O4S/c1-18-3-2-4-24(26-16-39-29(32-26)34-11-22-9-30(22,17-34)28(35)36)27(18)38-13-19-7-20-5-6-33(23-14-37-15-23)12-25(20)21(8-19)10-31/h2-4,7-8,16,22-23H,5-6,9,11-15,17H2,1H3,(H,35,36)/t22-,30-/m0/s1. The lowest BCUT2D eigenvalue weighted by Crippen LogP contribution is -2.50. The molecular weight excluding hydrogens is 512 g/mol. The van der Waals surface area contributed by atoms with Gasteiger partial charge >= 0.3 is 5.97 Å². The molecule has 7 rings (SSSR count). The Labute approximate surface area is 231 Å². The molecule has 4 heterocycles. The van der Waals surface area contributed by atoms with Crippen molar-refractivity contribution in [3.05, 3.63) is 63.5 Å². The van der Waals surface area contributed by atoms with Crippen molar-refractivity contribution in [2.24, 2.45) is 11.3 Å². The normalized spacial score (nSPS) is 24.0. The van der Waals surface area contributed by atoms with Crippen LogP contribution in [0.25, 0.3) is 11.3 Å². The molecule has 9 heteroatoms. The second-order valence-electron chi connectivity index (χ2n) is 11.3. The molecule has 2 aromatic carbocycles. The predicted octanol–water partition coefficient (Wildman–Crippen LogP) is 4.24. The summed E-state index contributed by atoms with van der Waals surface area (Å²) in [5, 5.41) is 22.4. The number of rotatable bonds is 7. The van der Waals surface area contributed by atoms with Gasteiger partial charge in [-0.05, 0) is 60.1 Å². The molecule has 0 amide bonds. The van der Waals surface area contributed by atoms with Crippen molar-refractivity contribution in [1.82, 2.24) is 9.88 Å². The number of carbonyl (C=O) groups is 1. The number of carboxylic acids is 1. The molecule has 200 valence electrons. The highest BCUT2D eigenvalue weighted by Gasteiger charge is 2.65. The SMILES string of the molecule is Cc1cccc(-c2csc(N3C[C@@H]4C[C@]4(C(=O)O)C3)n2)c1OCc1cc(C#N)c2c(c1)CCN(C1COC1)C2. The highest BCUT2D eigenvalue weighted by molar-refractivity contribution is 7.14. The number of nitrogens with zero attached hydrogens (tertiary/aromatic N) is 4. The number of carboxylic acid groups (broad SMARTS) is 1. The van der Waals surface area contributed by atoms with Gasteiger partial charge in [0.25, 0.3) is 0 Å². The first-order valence-electron chi connectivity index (χ1n) is 13.5. The van der Waals surface area contributed by atoms with Gasteiger partial charge in [-0.1, -0.05) is 18.2 Å². The lowest BCUT2D eigenvalue weighted by Gasteiger charge is -2.40. The highest BCUT2D eigenvalue weighted by atomic mass is 32.1. The third-order valence-electron chi connectivity index (χ3n) is 8.89. The largest absolute Gasteiger partial charge is 0.488 e. The van der Waals surface area contributed by atoms with Crippen LogP contribution < -0.4 is 9.64 Å². The van der Waals surface area contributed by atoms with E-state index in [1.807, 2.05) is 36.6 Å². The Balaban J connectivity index is 1.10. The van der Waals surface area contributed by atoms with E-state index in [4.69, 9.17) is 14.5 Å². The van der Waals surface area contributed by atoms with Crippen molar-refractivity contribution in [1.29, 1.82) is 5.26 Å². The molecule has 1 aromatic heterocycles. The maximum atomic E-state index is 11.7. The van der Waals surface area contributed by atoms with Crippen molar-refractivity contribution in [2.45, 2.75) is 39.0 Å². The molecule has 8 nitrogen and oxygen atoms in total. The Hall–Kier alpha value is -3.45. The average Bonchev–Trinajstić information content (AvgIpc) is 3.23. The van der Waals surface area contributed by atoms with E-state index in [9.17, 15) is 15.2 Å². The lowest BCUT2D eigenvalue weighted by atomic mass is 9.92. The summed E-state index contributed by atoms with van der Waals surface area (Å²) in [7, 11) is 0. The van der Waals surface area contributed by atoms with E-state index in [-0.39, 0.29) is 5.92 Å². The molecule has 3 aliphatic heterocycles. The van der Waals surface area contributed by atoms with Gasteiger partial charge in [-0.15, -0.1) is 11.3 Å². The van der Waals surface area contributed by atoms with Crippen molar-refractivity contribution < 1.29 is 19.4 Å². The maximum Gasteiger partial charge on any atom is 0.311 e. The van der Waals surface area contributed by atoms with E-state index in [1.165, 1.54) is 5.56 Å². The molecule has 3 aromatic rings. The average molecular weight is 543 g/mol. The molecule has 2 saturated heterocycles. The van der Waals surface area contributed by atoms with Crippen molar-refractivity contribution in [2.75, 3.05) is 37.7 Å². The summed E-state index contributed by atoms with van der Waals surface area (Å²) in [5.41, 5.74) is 6.29. The Morgan fingerprint density at radius 3 is 2.97 bits per heavy atom. The molecule has 0 bridgehead atoms. The van der Waals surface area contributed by atoms with E-state index >= 15 is 0 Å². The molecule has 1 aliphatic carbocycles. The molecule has 3 fully saturated rings. The molecule has 1 saturated carbocycles. The van der Waals surface area contributed by atoms with Gasteiger partial charge in [0.05, 0.1) is 42.0 Å². The predicted molar refractivity (Wildman–Crippen MR) is 147 cm³/mol. The van der Waals surface area contributed by atoms with Crippen LogP contribution in [-0.4, -0.2) is 59.8 Å². The van der Waals surface area contributed by atoms with Crippen LogP contribution in [0, 0.1) is 29.6 Å². The van der Waals surface area contributed by atoms with Crippen molar-refractivity contribution in [3.8, 4) is 23.1 Å². The van der Waals surface area contributed by atoms with Gasteiger partial charge in [0.15, 0.2) is 5.13 Å². The van der Waals surface area contributed by atoms with Crippen LogP contribution in [0.3, 0.4) is 0 Å². The summed E-state index contributed by atoms with van der Waals surface area (Å²) in [4.78, 5) is 21.2. The minimum atomic E-state index is -0.687. The second-order valence-corrected chi connectivity index (χ2v) is 12.1. The summed E-state index contributed by atoms with van der Waals surface area (Å²) < 4.78 is 11.8. The topological polar surface area (TPSA) is 98.9 Å². The Morgan fingerprint density at radius 1 is 1.36 bits per heavy atom. The fraction of sp³-hybridized carbons (Fsp3) is 0.433. The summed E-state index contributed by atoms with van der Waals surface area (Å²) in [6, 6.07) is 13.1. The Kier molecular flexibility index (Phi) is 5.88. The number of benzene rings is 2. The quantitative estimate of drug-likeness (QED) is 0.474. The van der Waals surface area contributed by atoms with E-state index in [0.717, 1.165) is 90.1 Å². The van der Waals surface area contributed by atoms with Crippen LogP contribution in [0.5, 0.6) is 5.75 Å². The zero-order valence-corrected chi connectivity index (χ0v) is 22.7. The van der Waals surface area contributed by atoms with Gasteiger partial charge in [0.2, 0.25) is 0 Å². The number of ether oxygens (including phenoxy) is 2. The summed E-state index contributed by atoms with van der Waals surface area (Å²) in [6.07, 6.45) is 1.70. The smallest absolute Gasteiger partial charge is 0.311 e. The number of piperidine rings is 1. The number of aliphatic carboxylic acids is 1. The monoisotopic (exact) mass is 542 g/mol. The number of hydrogen-bond acceptors (Lipinski definition) is 8. The molecular formula is C30H30N4O4S. The molecule has 0 spiro atoms. The summed E-state index contributed by atoms with van der Waals surface area (Å²) >= 11 is 1.55. The number of anilines is 1. The second kappa shape index (κ2) is 9.33. The van der Waals surface area contributed by atoms with E-state index < -0.39 is 11.4 Å². The van der Waals surface area contributed by atoms with Crippen LogP contribution in [-0.2, 0) is 29.1 Å². The maximum absolute atomic E-state index is 11.7. The van der Waals surface area contributed by atoms with E-state index in [1.54, 1.807) is 11.3 Å². The van der Waals surface area contributed by atoms with Crippen LogP contribution in [0.4, 0.5) is 5.13 Å². The first-order valence-corrected chi connectivity index (χ1v) is 14.4. The third kappa shape index (κ3) is 4.18. The van der Waals surface area contributed by atoms with E-state index in [0.29, 0.717) is 19.2 Å². The van der Waals surface area contributed by atoms with Gasteiger partial charge in [-0.25, -0.2) is 4.98 Å². The van der Waals surface area contributed by atoms with Crippen molar-refractivity contribution in [3.63, 3.8) is 0 Å². The fourth-order valence-corrected chi connectivity index (χ4v) is 7.21. The summed E-state index contributed by atoms with van der Waals surface area (Å²) in [6.45, 7) is 7.02. The summed E-state index contributed by atoms with van der Waals surface area (Å²) in [5.74, 6) is 0.326. The number of fused-ring (bicyclic) bond motifs is 2. The van der Waals surface area contributed by atoms with Gasteiger partial charge in [0, 0.05) is 37.1 Å². The first kappa shape index (κ1) is 24.6. The first-order chi connectivity index (χ1) is 18.9. The molecule has 39 heavy (non-hydrogen) atoms. The number of para-hydroxylation sites is 1. The third-order valence-corrected chi connectivity index (χ3v) is 9.80. The highest BCUT2D eigenvalue weighted by Crippen LogP contribution is 2.58. The molecule has 0 radical (unpaired) electrons. The zero-order valence-electron chi connectivity index (χ0n) is 21.9. The molecule has 2 atom stereocenters. The van der Waals surface area contributed by atoms with Gasteiger partial charge in [0.1, 0.15) is 12.4 Å². The molecule has 0 unspecified atom stereocenters. The molecule has 1 N–H and O–H groups in total. The minimum absolute atomic E-state index is 0.227. The fourth-order valence-electron chi connectivity index (χ4n) is 6.38. The minimum Gasteiger partial charge on any atom is -0.488 e. The van der Waals surface area contributed by atoms with Crippen LogP contribution in [0.2, 0.25) is 0 Å². The Bertz CT molecular complexity index is 1510. The number of thiazole rings is 1.